The Balaban J connectivity index is 1.94. The quantitative estimate of drug-likeness (QED) is 0.611. The second-order valence-electron chi connectivity index (χ2n) is 5.86. The number of ketones is 1. The SMILES string of the molecule is CCSCCOC(=O)[C@H]1C(C)=N[C@]2(O)c3ccccc3C(=O)[C@@]12O. The highest BCUT2D eigenvalue weighted by molar-refractivity contribution is 7.99. The van der Waals surface area contributed by atoms with E-state index in [1.807, 2.05) is 6.92 Å². The van der Waals surface area contributed by atoms with Crippen LogP contribution in [0, 0.1) is 5.92 Å². The predicted octanol–water partition coefficient (Wildman–Crippen LogP) is 1.15. The number of esters is 1. The van der Waals surface area contributed by atoms with Crippen LogP contribution in [0.3, 0.4) is 0 Å². The van der Waals surface area contributed by atoms with Gasteiger partial charge in [0.25, 0.3) is 0 Å². The standard InChI is InChI=1S/C17H19NO5S/c1-3-24-9-8-23-15(20)13-10(2)18-17(22)12-7-5-4-6-11(12)14(19)16(13,17)21/h4-7,13,21-22H,3,8-9H2,1-2H3/t13-,16+,17+/m1/s1. The van der Waals surface area contributed by atoms with Crippen LogP contribution >= 0.6 is 11.8 Å². The Hall–Kier alpha value is -1.70. The Morgan fingerprint density at radius 1 is 1.38 bits per heavy atom. The third kappa shape index (κ3) is 2.15. The van der Waals surface area contributed by atoms with Gasteiger partial charge in [0.2, 0.25) is 11.5 Å². The van der Waals surface area contributed by atoms with Crippen molar-refractivity contribution in [2.75, 3.05) is 18.1 Å². The number of aliphatic hydroxyl groups is 2. The van der Waals surface area contributed by atoms with Crippen molar-refractivity contribution >= 4 is 29.2 Å². The predicted molar refractivity (Wildman–Crippen MR) is 90.2 cm³/mol. The molecule has 0 radical (unpaired) electrons. The third-order valence-electron chi connectivity index (χ3n) is 4.51. The minimum absolute atomic E-state index is 0.177. The Kier molecular flexibility index (Phi) is 4.27. The summed E-state index contributed by atoms with van der Waals surface area (Å²) >= 11 is 1.62. The largest absolute Gasteiger partial charge is 0.464 e. The molecule has 0 unspecified atom stereocenters. The Labute approximate surface area is 143 Å². The van der Waals surface area contributed by atoms with Gasteiger partial charge >= 0.3 is 5.97 Å². The zero-order valence-electron chi connectivity index (χ0n) is 13.5. The van der Waals surface area contributed by atoms with E-state index in [1.165, 1.54) is 19.1 Å². The lowest BCUT2D eigenvalue weighted by Crippen LogP contribution is -2.56. The molecule has 0 saturated carbocycles. The number of fused-ring (bicyclic) bond motifs is 3. The van der Waals surface area contributed by atoms with Crippen LogP contribution in [0.4, 0.5) is 0 Å². The average Bonchev–Trinajstić information content (AvgIpc) is 2.87. The molecule has 6 nitrogen and oxygen atoms in total. The molecule has 1 aliphatic heterocycles. The molecule has 3 atom stereocenters. The first-order valence-electron chi connectivity index (χ1n) is 7.77. The van der Waals surface area contributed by atoms with Crippen LogP contribution in [-0.4, -0.2) is 51.4 Å². The van der Waals surface area contributed by atoms with Gasteiger partial charge < -0.3 is 14.9 Å². The normalized spacial score (nSPS) is 30.8. The van der Waals surface area contributed by atoms with E-state index in [2.05, 4.69) is 4.99 Å². The fraction of sp³-hybridized carbons (Fsp3) is 0.471. The van der Waals surface area contributed by atoms with E-state index in [0.717, 1.165) is 5.75 Å². The van der Waals surface area contributed by atoms with Crippen LogP contribution in [0.2, 0.25) is 0 Å². The van der Waals surface area contributed by atoms with E-state index in [-0.39, 0.29) is 23.4 Å². The molecule has 7 heteroatoms. The maximum Gasteiger partial charge on any atom is 0.318 e. The molecule has 1 aromatic rings. The molecule has 24 heavy (non-hydrogen) atoms. The summed E-state index contributed by atoms with van der Waals surface area (Å²) in [5, 5.41) is 22.0. The first-order chi connectivity index (χ1) is 11.4. The molecule has 1 heterocycles. The third-order valence-corrected chi connectivity index (χ3v) is 5.37. The summed E-state index contributed by atoms with van der Waals surface area (Å²) in [6, 6.07) is 6.33. The van der Waals surface area contributed by atoms with Crippen LogP contribution in [0.1, 0.15) is 29.8 Å². The van der Waals surface area contributed by atoms with Crippen molar-refractivity contribution in [2.24, 2.45) is 10.9 Å². The van der Waals surface area contributed by atoms with Crippen molar-refractivity contribution in [3.63, 3.8) is 0 Å². The number of hydrogen-bond donors (Lipinski definition) is 2. The second-order valence-corrected chi connectivity index (χ2v) is 7.26. The van der Waals surface area contributed by atoms with Crippen LogP contribution in [0.5, 0.6) is 0 Å². The summed E-state index contributed by atoms with van der Waals surface area (Å²) in [5.74, 6) is -1.23. The molecule has 0 amide bonds. The van der Waals surface area contributed by atoms with Gasteiger partial charge in [-0.15, -0.1) is 0 Å². The molecule has 128 valence electrons. The van der Waals surface area contributed by atoms with Gasteiger partial charge in [-0.3, -0.25) is 14.6 Å². The highest BCUT2D eigenvalue weighted by Gasteiger charge is 2.72. The van der Waals surface area contributed by atoms with Crippen molar-refractivity contribution in [1.82, 2.24) is 0 Å². The van der Waals surface area contributed by atoms with Crippen LogP contribution in [0.15, 0.2) is 29.3 Å². The Morgan fingerprint density at radius 2 is 2.08 bits per heavy atom. The van der Waals surface area contributed by atoms with Crippen molar-refractivity contribution in [3.8, 4) is 0 Å². The maximum absolute atomic E-state index is 12.7. The van der Waals surface area contributed by atoms with E-state index in [0.29, 0.717) is 5.75 Å². The number of carbonyl (C=O) groups is 2. The molecule has 2 N–H and O–H groups in total. The number of carbonyl (C=O) groups excluding carboxylic acids is 2. The average molecular weight is 349 g/mol. The van der Waals surface area contributed by atoms with Crippen LogP contribution in [-0.2, 0) is 15.3 Å². The van der Waals surface area contributed by atoms with Crippen molar-refractivity contribution in [2.45, 2.75) is 25.2 Å². The lowest BCUT2D eigenvalue weighted by Gasteiger charge is -2.31. The van der Waals surface area contributed by atoms with Gasteiger partial charge in [-0.2, -0.15) is 11.8 Å². The first kappa shape index (κ1) is 17.1. The topological polar surface area (TPSA) is 96.2 Å². The molecule has 0 aromatic heterocycles. The number of benzene rings is 1. The van der Waals surface area contributed by atoms with Gasteiger partial charge in [0.05, 0.1) is 0 Å². The Morgan fingerprint density at radius 3 is 2.79 bits per heavy atom. The van der Waals surface area contributed by atoms with E-state index >= 15 is 0 Å². The molecule has 1 aliphatic carbocycles. The minimum atomic E-state index is -2.35. The monoisotopic (exact) mass is 349 g/mol. The van der Waals surface area contributed by atoms with Crippen LogP contribution < -0.4 is 0 Å². The van der Waals surface area contributed by atoms with E-state index in [1.54, 1.807) is 23.9 Å². The second kappa shape index (κ2) is 5.98. The summed E-state index contributed by atoms with van der Waals surface area (Å²) < 4.78 is 5.20. The van der Waals surface area contributed by atoms with Gasteiger partial charge in [0, 0.05) is 22.6 Å². The lowest BCUT2D eigenvalue weighted by molar-refractivity contribution is -0.164. The van der Waals surface area contributed by atoms with Crippen molar-refractivity contribution in [3.05, 3.63) is 35.4 Å². The number of thioether (sulfide) groups is 1. The van der Waals surface area contributed by atoms with Gasteiger partial charge in [0.1, 0.15) is 12.5 Å². The number of hydrogen-bond acceptors (Lipinski definition) is 7. The summed E-state index contributed by atoms with van der Waals surface area (Å²) in [6.07, 6.45) is 0. The Bertz CT molecular complexity index is 733. The van der Waals surface area contributed by atoms with Crippen LogP contribution in [0.25, 0.3) is 0 Å². The minimum Gasteiger partial charge on any atom is -0.464 e. The fourth-order valence-electron chi connectivity index (χ4n) is 3.42. The van der Waals surface area contributed by atoms with Crippen molar-refractivity contribution in [1.29, 1.82) is 0 Å². The van der Waals surface area contributed by atoms with E-state index < -0.39 is 29.0 Å². The first-order valence-corrected chi connectivity index (χ1v) is 8.93. The summed E-state index contributed by atoms with van der Waals surface area (Å²) in [6.45, 7) is 3.69. The number of aliphatic imine (C=N–C) groups is 1. The van der Waals surface area contributed by atoms with E-state index in [4.69, 9.17) is 4.74 Å². The number of rotatable bonds is 5. The fourth-order valence-corrected chi connectivity index (χ4v) is 3.91. The molecule has 0 spiro atoms. The number of nitrogens with zero attached hydrogens (tertiary/aromatic N) is 1. The number of Topliss-reactive ketones (excluding diaryl/α,β-unsaturated/α-hetero) is 1. The zero-order chi connectivity index (χ0) is 17.5. The zero-order valence-corrected chi connectivity index (χ0v) is 14.3. The van der Waals surface area contributed by atoms with Gasteiger partial charge in [-0.25, -0.2) is 0 Å². The molecule has 3 rings (SSSR count). The van der Waals surface area contributed by atoms with Gasteiger partial charge in [-0.1, -0.05) is 31.2 Å². The molecular weight excluding hydrogens is 330 g/mol. The summed E-state index contributed by atoms with van der Waals surface area (Å²) in [7, 11) is 0. The summed E-state index contributed by atoms with van der Waals surface area (Å²) in [5.41, 5.74) is -3.91. The molecule has 2 aliphatic rings. The molecule has 0 bridgehead atoms. The smallest absolute Gasteiger partial charge is 0.318 e. The molecule has 0 fully saturated rings. The highest BCUT2D eigenvalue weighted by atomic mass is 32.2. The maximum atomic E-state index is 12.7. The molecule has 1 aromatic carbocycles. The molecule has 0 saturated heterocycles. The molecular formula is C17H19NO5S. The van der Waals surface area contributed by atoms with Gasteiger partial charge in [-0.05, 0) is 12.7 Å². The van der Waals surface area contributed by atoms with Crippen molar-refractivity contribution < 1.29 is 24.5 Å². The van der Waals surface area contributed by atoms with Gasteiger partial charge in [0.15, 0.2) is 5.60 Å². The number of ether oxygens (including phenoxy) is 1. The van der Waals surface area contributed by atoms with E-state index in [9.17, 15) is 19.8 Å². The highest BCUT2D eigenvalue weighted by Crippen LogP contribution is 2.53. The lowest BCUT2D eigenvalue weighted by atomic mass is 9.79. The summed E-state index contributed by atoms with van der Waals surface area (Å²) in [4.78, 5) is 29.3.